The first-order valence-corrected chi connectivity index (χ1v) is 9.66. The summed E-state index contributed by atoms with van der Waals surface area (Å²) in [5.74, 6) is 0.102. The molecule has 0 saturated heterocycles. The van der Waals surface area contributed by atoms with Gasteiger partial charge in [0.25, 0.3) is 0 Å². The van der Waals surface area contributed by atoms with Crippen molar-refractivity contribution in [1.29, 1.82) is 0 Å². The van der Waals surface area contributed by atoms with Crippen LogP contribution in [0.1, 0.15) is 23.7 Å². The summed E-state index contributed by atoms with van der Waals surface area (Å²) in [5.41, 5.74) is 7.50. The zero-order valence-electron chi connectivity index (χ0n) is 16.3. The maximum atomic E-state index is 10.5. The second-order valence-corrected chi connectivity index (χ2v) is 7.56. The number of aryl methyl sites for hydroxylation is 3. The maximum absolute atomic E-state index is 10.5. The van der Waals surface area contributed by atoms with E-state index in [9.17, 15) is 10.2 Å². The molecule has 4 aromatic rings. The lowest BCUT2D eigenvalue weighted by Gasteiger charge is -2.11. The SMILES string of the molecule is CCc1cc(-c2[nH][nH]c(=S)c2-c2cccc3c2c(C)c(C)n3C)c(O)cc1O. The average Bonchev–Trinajstić information content (AvgIpc) is 3.16. The molecule has 5 nitrogen and oxygen atoms in total. The highest BCUT2D eigenvalue weighted by Gasteiger charge is 2.21. The Labute approximate surface area is 168 Å². The summed E-state index contributed by atoms with van der Waals surface area (Å²) in [6, 6.07) is 9.39. The molecule has 0 aliphatic rings. The highest BCUT2D eigenvalue weighted by molar-refractivity contribution is 7.71. The minimum absolute atomic E-state index is 0.00865. The fourth-order valence-electron chi connectivity index (χ4n) is 3.96. The Morgan fingerprint density at radius 3 is 2.50 bits per heavy atom. The first kappa shape index (κ1) is 18.4. The van der Waals surface area contributed by atoms with Gasteiger partial charge in [0.2, 0.25) is 0 Å². The average molecular weight is 394 g/mol. The summed E-state index contributed by atoms with van der Waals surface area (Å²) in [5, 5.41) is 27.9. The zero-order valence-corrected chi connectivity index (χ0v) is 17.2. The van der Waals surface area contributed by atoms with Gasteiger partial charge in [0.05, 0.1) is 5.69 Å². The summed E-state index contributed by atoms with van der Waals surface area (Å²) in [6.07, 6.45) is 0.659. The van der Waals surface area contributed by atoms with Crippen molar-refractivity contribution in [3.63, 3.8) is 0 Å². The third-order valence-corrected chi connectivity index (χ3v) is 6.03. The fraction of sp³-hybridized carbons (Fsp3) is 0.227. The van der Waals surface area contributed by atoms with Crippen LogP contribution in [0.2, 0.25) is 0 Å². The molecule has 0 aliphatic heterocycles. The molecule has 6 heteroatoms. The van der Waals surface area contributed by atoms with E-state index in [0.717, 1.165) is 27.6 Å². The van der Waals surface area contributed by atoms with Crippen molar-refractivity contribution in [3.8, 4) is 33.9 Å². The number of phenols is 2. The van der Waals surface area contributed by atoms with Crippen LogP contribution >= 0.6 is 12.2 Å². The molecule has 2 aromatic heterocycles. The number of aromatic amines is 2. The van der Waals surface area contributed by atoms with Crippen LogP contribution in [-0.4, -0.2) is 25.0 Å². The number of fused-ring (bicyclic) bond motifs is 1. The predicted molar refractivity (Wildman–Crippen MR) is 116 cm³/mol. The Morgan fingerprint density at radius 2 is 1.79 bits per heavy atom. The number of phenolic OH excluding ortho intramolecular Hbond substituents is 2. The van der Waals surface area contributed by atoms with Gasteiger partial charge in [-0.25, -0.2) is 0 Å². The first-order chi connectivity index (χ1) is 13.3. The van der Waals surface area contributed by atoms with E-state index < -0.39 is 0 Å². The second-order valence-electron chi connectivity index (χ2n) is 7.15. The van der Waals surface area contributed by atoms with Crippen LogP contribution in [0.4, 0.5) is 0 Å². The summed E-state index contributed by atoms with van der Waals surface area (Å²) < 4.78 is 2.76. The molecule has 4 N–H and O–H groups in total. The van der Waals surface area contributed by atoms with Gasteiger partial charge in [0.15, 0.2) is 0 Å². The lowest BCUT2D eigenvalue weighted by atomic mass is 9.95. The molecule has 0 amide bonds. The molecular weight excluding hydrogens is 370 g/mol. The van der Waals surface area contributed by atoms with E-state index >= 15 is 0 Å². The Balaban J connectivity index is 2.07. The number of hydrogen-bond donors (Lipinski definition) is 4. The zero-order chi connectivity index (χ0) is 20.2. The number of aromatic nitrogens is 3. The second kappa shape index (κ2) is 6.56. The quantitative estimate of drug-likeness (QED) is 0.348. The molecule has 0 unspecified atom stereocenters. The van der Waals surface area contributed by atoms with Crippen molar-refractivity contribution in [2.24, 2.45) is 7.05 Å². The highest BCUT2D eigenvalue weighted by Crippen LogP contribution is 2.42. The predicted octanol–water partition coefficient (Wildman–Crippen LogP) is 5.49. The van der Waals surface area contributed by atoms with Crippen molar-refractivity contribution in [3.05, 3.63) is 51.8 Å². The molecule has 2 heterocycles. The number of nitrogens with zero attached hydrogens (tertiary/aromatic N) is 1. The fourth-order valence-corrected chi connectivity index (χ4v) is 4.22. The van der Waals surface area contributed by atoms with Crippen molar-refractivity contribution in [2.75, 3.05) is 0 Å². The molecule has 0 aliphatic carbocycles. The minimum atomic E-state index is 0.00865. The summed E-state index contributed by atoms with van der Waals surface area (Å²) in [7, 11) is 2.06. The van der Waals surface area contributed by atoms with Gasteiger partial charge in [-0.05, 0) is 49.1 Å². The molecule has 28 heavy (non-hydrogen) atoms. The molecule has 0 saturated carbocycles. The van der Waals surface area contributed by atoms with Gasteiger partial charge in [0, 0.05) is 40.8 Å². The third kappa shape index (κ3) is 2.56. The lowest BCUT2D eigenvalue weighted by molar-refractivity contribution is 0.447. The van der Waals surface area contributed by atoms with Gasteiger partial charge >= 0.3 is 0 Å². The molecule has 144 valence electrons. The molecule has 0 bridgehead atoms. The molecule has 0 atom stereocenters. The Kier molecular flexibility index (Phi) is 4.31. The van der Waals surface area contributed by atoms with Gasteiger partial charge in [-0.3, -0.25) is 10.2 Å². The van der Waals surface area contributed by atoms with E-state index in [1.165, 1.54) is 17.3 Å². The maximum Gasteiger partial charge on any atom is 0.128 e. The van der Waals surface area contributed by atoms with Crippen molar-refractivity contribution < 1.29 is 10.2 Å². The molecule has 0 fully saturated rings. The van der Waals surface area contributed by atoms with E-state index in [2.05, 4.69) is 47.8 Å². The van der Waals surface area contributed by atoms with Crippen molar-refractivity contribution in [2.45, 2.75) is 27.2 Å². The lowest BCUT2D eigenvalue weighted by Crippen LogP contribution is -1.90. The minimum Gasteiger partial charge on any atom is -0.508 e. The largest absolute Gasteiger partial charge is 0.508 e. The van der Waals surface area contributed by atoms with Gasteiger partial charge in [-0.1, -0.05) is 31.3 Å². The van der Waals surface area contributed by atoms with E-state index in [1.54, 1.807) is 0 Å². The molecule has 0 spiro atoms. The topological polar surface area (TPSA) is 77.0 Å². The Bertz CT molecular complexity index is 1280. The van der Waals surface area contributed by atoms with Crippen LogP contribution in [0.5, 0.6) is 11.5 Å². The smallest absolute Gasteiger partial charge is 0.128 e. The number of hydrogen-bond acceptors (Lipinski definition) is 3. The van der Waals surface area contributed by atoms with Crippen LogP contribution in [0.3, 0.4) is 0 Å². The number of benzene rings is 2. The van der Waals surface area contributed by atoms with Gasteiger partial charge < -0.3 is 14.8 Å². The third-order valence-electron chi connectivity index (χ3n) is 5.72. The number of aromatic hydroxyl groups is 2. The monoisotopic (exact) mass is 393 g/mol. The van der Waals surface area contributed by atoms with E-state index in [1.807, 2.05) is 19.1 Å². The highest BCUT2D eigenvalue weighted by atomic mass is 32.1. The Morgan fingerprint density at radius 1 is 1.04 bits per heavy atom. The van der Waals surface area contributed by atoms with Crippen LogP contribution < -0.4 is 0 Å². The molecule has 0 radical (unpaired) electrons. The van der Waals surface area contributed by atoms with Gasteiger partial charge in [-0.2, -0.15) is 0 Å². The van der Waals surface area contributed by atoms with Crippen LogP contribution in [-0.2, 0) is 13.5 Å². The summed E-state index contributed by atoms with van der Waals surface area (Å²) >= 11 is 5.61. The van der Waals surface area contributed by atoms with Crippen molar-refractivity contribution in [1.82, 2.24) is 14.8 Å². The van der Waals surface area contributed by atoms with E-state index in [-0.39, 0.29) is 11.5 Å². The molecule has 2 aromatic carbocycles. The molecule has 4 rings (SSSR count). The van der Waals surface area contributed by atoms with Crippen LogP contribution in [0.15, 0.2) is 30.3 Å². The molecular formula is C22H23N3O2S. The van der Waals surface area contributed by atoms with Crippen LogP contribution in [0.25, 0.3) is 33.3 Å². The van der Waals surface area contributed by atoms with E-state index in [0.29, 0.717) is 22.3 Å². The number of H-pyrrole nitrogens is 2. The van der Waals surface area contributed by atoms with E-state index in [4.69, 9.17) is 12.2 Å². The Hall–Kier alpha value is -2.99. The van der Waals surface area contributed by atoms with Gasteiger partial charge in [0.1, 0.15) is 16.1 Å². The normalized spacial score (nSPS) is 11.4. The summed E-state index contributed by atoms with van der Waals surface area (Å²) in [6.45, 7) is 6.19. The van der Waals surface area contributed by atoms with Crippen LogP contribution in [0, 0.1) is 18.5 Å². The van der Waals surface area contributed by atoms with Crippen molar-refractivity contribution >= 4 is 23.1 Å². The standard InChI is InChI=1S/C22H23N3O2S/c1-5-13-9-15(18(27)10-17(13)26)21-20(22(28)24-23-21)14-7-6-8-16-19(14)11(2)12(3)25(16)4/h6-10,26-27H,5H2,1-4H3,(H2,23,24,28). The summed E-state index contributed by atoms with van der Waals surface area (Å²) in [4.78, 5) is 0. The number of rotatable bonds is 3. The number of nitrogens with one attached hydrogen (secondary N) is 2. The van der Waals surface area contributed by atoms with Gasteiger partial charge in [-0.15, -0.1) is 0 Å². The first-order valence-electron chi connectivity index (χ1n) is 9.26.